The van der Waals surface area contributed by atoms with Gasteiger partial charge in [-0.25, -0.2) is 0 Å². The minimum absolute atomic E-state index is 0.547. The molecule has 8 heteroatoms. The van der Waals surface area contributed by atoms with Crippen LogP contribution in [0.15, 0.2) is 24.5 Å². The van der Waals surface area contributed by atoms with Gasteiger partial charge >= 0.3 is 12.4 Å². The van der Waals surface area contributed by atoms with E-state index in [1.165, 1.54) is 0 Å². The smallest absolute Gasteiger partial charge is 0.434 e. The van der Waals surface area contributed by atoms with Gasteiger partial charge in [-0.3, -0.25) is 4.98 Å². The van der Waals surface area contributed by atoms with E-state index in [-0.39, 0.29) is 0 Å². The highest BCUT2D eigenvalue weighted by atomic mass is 19.4. The van der Waals surface area contributed by atoms with Crippen molar-refractivity contribution in [3.63, 3.8) is 0 Å². The molecule has 0 saturated heterocycles. The Bertz CT molecular complexity index is 319. The molecule has 0 atom stereocenters. The topological polar surface area (TPSA) is 22.1 Å². The van der Waals surface area contributed by atoms with Gasteiger partial charge in [-0.15, -0.1) is 0 Å². The largest absolute Gasteiger partial charge is 0.471 e. The summed E-state index contributed by atoms with van der Waals surface area (Å²) in [5, 5.41) is 0. The Morgan fingerprint density at radius 3 is 1.75 bits per heavy atom. The fourth-order valence-corrected chi connectivity index (χ4v) is 0.872. The van der Waals surface area contributed by atoms with E-state index in [0.717, 1.165) is 24.5 Å². The molecule has 1 aromatic rings. The summed E-state index contributed by atoms with van der Waals surface area (Å²) in [5.41, 5.74) is 0. The number of alkyl halides is 6. The fraction of sp³-hybridized carbons (Fsp3) is 0.375. The molecule has 0 aromatic carbocycles. The number of hydrogen-bond acceptors (Lipinski definition) is 2. The molecule has 0 saturated carbocycles. The summed E-state index contributed by atoms with van der Waals surface area (Å²) in [6.45, 7) is 0. The lowest BCUT2D eigenvalue weighted by Gasteiger charge is -2.23. The molecular formula is C8H5F6NO. The Morgan fingerprint density at radius 2 is 1.38 bits per heavy atom. The molecule has 0 fully saturated rings. The monoisotopic (exact) mass is 245 g/mol. The van der Waals surface area contributed by atoms with Gasteiger partial charge in [0.05, 0.1) is 0 Å². The fourth-order valence-electron chi connectivity index (χ4n) is 0.872. The molecule has 1 rings (SSSR count). The first-order valence-electron chi connectivity index (χ1n) is 3.91. The first-order chi connectivity index (χ1) is 7.21. The van der Waals surface area contributed by atoms with Crippen LogP contribution < -0.4 is 4.74 Å². The molecule has 0 N–H and O–H groups in total. The van der Waals surface area contributed by atoms with Crippen LogP contribution in [0.1, 0.15) is 0 Å². The van der Waals surface area contributed by atoms with Gasteiger partial charge in [0, 0.05) is 12.4 Å². The van der Waals surface area contributed by atoms with Gasteiger partial charge < -0.3 is 4.74 Å². The molecule has 0 aliphatic rings. The van der Waals surface area contributed by atoms with Crippen LogP contribution in [0.3, 0.4) is 0 Å². The van der Waals surface area contributed by atoms with Gasteiger partial charge in [-0.1, -0.05) is 0 Å². The molecule has 2 nitrogen and oxygen atoms in total. The quantitative estimate of drug-likeness (QED) is 0.747. The second-order valence-corrected chi connectivity index (χ2v) is 2.76. The second kappa shape index (κ2) is 4.18. The molecule has 16 heavy (non-hydrogen) atoms. The zero-order valence-electron chi connectivity index (χ0n) is 7.51. The van der Waals surface area contributed by atoms with E-state index >= 15 is 0 Å². The highest BCUT2D eigenvalue weighted by molar-refractivity contribution is 5.17. The van der Waals surface area contributed by atoms with Crippen molar-refractivity contribution in [3.05, 3.63) is 24.5 Å². The molecule has 0 amide bonds. The van der Waals surface area contributed by atoms with Crippen molar-refractivity contribution in [2.75, 3.05) is 0 Å². The third-order valence-electron chi connectivity index (χ3n) is 1.50. The average Bonchev–Trinajstić information content (AvgIpc) is 2.12. The number of halogens is 6. The van der Waals surface area contributed by atoms with Gasteiger partial charge in [0.1, 0.15) is 5.75 Å². The molecule has 0 spiro atoms. The Kier molecular flexibility index (Phi) is 3.30. The SMILES string of the molecule is FC(F)(F)C(Oc1ccncc1)C(F)(F)F. The first-order valence-corrected chi connectivity index (χ1v) is 3.91. The van der Waals surface area contributed by atoms with Crippen molar-refractivity contribution in [2.24, 2.45) is 0 Å². The molecule has 1 heterocycles. The van der Waals surface area contributed by atoms with E-state index < -0.39 is 24.2 Å². The Morgan fingerprint density at radius 1 is 0.938 bits per heavy atom. The number of hydrogen-bond donors (Lipinski definition) is 0. The number of ether oxygens (including phenoxy) is 1. The van der Waals surface area contributed by atoms with Crippen LogP contribution in [0.5, 0.6) is 5.75 Å². The van der Waals surface area contributed by atoms with Crippen LogP contribution in [0, 0.1) is 0 Å². The molecular weight excluding hydrogens is 240 g/mol. The first kappa shape index (κ1) is 12.6. The molecule has 1 aromatic heterocycles. The van der Waals surface area contributed by atoms with Crippen LogP contribution in [-0.2, 0) is 0 Å². The van der Waals surface area contributed by atoms with Crippen LogP contribution in [0.25, 0.3) is 0 Å². The van der Waals surface area contributed by atoms with Gasteiger partial charge in [-0.2, -0.15) is 26.3 Å². The predicted molar refractivity (Wildman–Crippen MR) is 40.8 cm³/mol. The van der Waals surface area contributed by atoms with Crippen molar-refractivity contribution in [1.29, 1.82) is 0 Å². The Balaban J connectivity index is 2.89. The lowest BCUT2D eigenvalue weighted by atomic mass is 10.3. The maximum absolute atomic E-state index is 12.0. The zero-order chi connectivity index (χ0) is 12.4. The number of nitrogens with zero attached hydrogens (tertiary/aromatic N) is 1. The normalized spacial score (nSPS) is 12.9. The summed E-state index contributed by atoms with van der Waals surface area (Å²) in [4.78, 5) is 3.43. The van der Waals surface area contributed by atoms with Crippen molar-refractivity contribution < 1.29 is 31.1 Å². The van der Waals surface area contributed by atoms with E-state index in [1.54, 1.807) is 0 Å². The summed E-state index contributed by atoms with van der Waals surface area (Å²) >= 11 is 0. The van der Waals surface area contributed by atoms with E-state index in [9.17, 15) is 26.3 Å². The minimum Gasteiger partial charge on any atom is -0.471 e. The van der Waals surface area contributed by atoms with Crippen LogP contribution >= 0.6 is 0 Å². The van der Waals surface area contributed by atoms with E-state index in [0.29, 0.717) is 0 Å². The van der Waals surface area contributed by atoms with E-state index in [2.05, 4.69) is 9.72 Å². The van der Waals surface area contributed by atoms with Gasteiger partial charge in [-0.05, 0) is 12.1 Å². The molecule has 0 aliphatic carbocycles. The van der Waals surface area contributed by atoms with Crippen LogP contribution in [0.4, 0.5) is 26.3 Å². The molecule has 0 aliphatic heterocycles. The van der Waals surface area contributed by atoms with Crippen LogP contribution in [-0.4, -0.2) is 23.4 Å². The van der Waals surface area contributed by atoms with Crippen molar-refractivity contribution >= 4 is 0 Å². The van der Waals surface area contributed by atoms with E-state index in [1.807, 2.05) is 0 Å². The molecule has 90 valence electrons. The van der Waals surface area contributed by atoms with Crippen molar-refractivity contribution in [2.45, 2.75) is 18.5 Å². The summed E-state index contributed by atoms with van der Waals surface area (Å²) in [5.74, 6) is -0.547. The van der Waals surface area contributed by atoms with Crippen molar-refractivity contribution in [1.82, 2.24) is 4.98 Å². The minimum atomic E-state index is -5.51. The molecule has 0 radical (unpaired) electrons. The standard InChI is InChI=1S/C8H5F6NO/c9-7(10,11)6(8(12,13)14)16-5-1-3-15-4-2-5/h1-4,6H. The third kappa shape index (κ3) is 3.28. The highest BCUT2D eigenvalue weighted by Crippen LogP contribution is 2.36. The maximum Gasteiger partial charge on any atom is 0.434 e. The molecule has 0 bridgehead atoms. The predicted octanol–water partition coefficient (Wildman–Crippen LogP) is 2.95. The number of rotatable bonds is 2. The van der Waals surface area contributed by atoms with Gasteiger partial charge in [0.15, 0.2) is 0 Å². The summed E-state index contributed by atoms with van der Waals surface area (Å²) in [7, 11) is 0. The summed E-state index contributed by atoms with van der Waals surface area (Å²) < 4.78 is 76.1. The average molecular weight is 245 g/mol. The lowest BCUT2D eigenvalue weighted by molar-refractivity contribution is -0.299. The summed E-state index contributed by atoms with van der Waals surface area (Å²) in [6, 6.07) is 1.81. The Labute approximate surface area is 85.9 Å². The van der Waals surface area contributed by atoms with Crippen LogP contribution in [0.2, 0.25) is 0 Å². The van der Waals surface area contributed by atoms with E-state index in [4.69, 9.17) is 0 Å². The second-order valence-electron chi connectivity index (χ2n) is 2.76. The van der Waals surface area contributed by atoms with Crippen molar-refractivity contribution in [3.8, 4) is 5.75 Å². The Hall–Kier alpha value is -1.47. The third-order valence-corrected chi connectivity index (χ3v) is 1.50. The number of aromatic nitrogens is 1. The number of pyridine rings is 1. The van der Waals surface area contributed by atoms with Gasteiger partial charge in [0.25, 0.3) is 6.10 Å². The summed E-state index contributed by atoms with van der Waals surface area (Å²) in [6.07, 6.45) is -12.8. The van der Waals surface area contributed by atoms with Gasteiger partial charge in [0.2, 0.25) is 0 Å². The highest BCUT2D eigenvalue weighted by Gasteiger charge is 2.59. The maximum atomic E-state index is 12.0. The zero-order valence-corrected chi connectivity index (χ0v) is 7.51. The lowest BCUT2D eigenvalue weighted by Crippen LogP contribution is -2.46. The molecule has 0 unspecified atom stereocenters.